The average Bonchev–Trinajstić information content (AvgIpc) is 2.88. The van der Waals surface area contributed by atoms with Crippen molar-refractivity contribution >= 4 is 12.4 Å². The summed E-state index contributed by atoms with van der Waals surface area (Å²) in [6.07, 6.45) is 2.59. The molecule has 6 heteroatoms. The van der Waals surface area contributed by atoms with Gasteiger partial charge in [0.25, 0.3) is 0 Å². The molecule has 1 aromatic rings. The third kappa shape index (κ3) is 3.22. The summed E-state index contributed by atoms with van der Waals surface area (Å²) in [5.41, 5.74) is 0. The zero-order valence-electron chi connectivity index (χ0n) is 11.5. The van der Waals surface area contributed by atoms with Crippen LogP contribution in [-0.2, 0) is 13.1 Å². The molecule has 5 nitrogen and oxygen atoms in total. The van der Waals surface area contributed by atoms with Crippen LogP contribution in [0.2, 0.25) is 0 Å². The molecule has 1 fully saturated rings. The van der Waals surface area contributed by atoms with Crippen molar-refractivity contribution in [2.45, 2.75) is 45.8 Å². The molecule has 1 aromatic heterocycles. The van der Waals surface area contributed by atoms with Crippen LogP contribution in [0.3, 0.4) is 0 Å². The molecule has 0 bridgehead atoms. The molecular weight excluding hydrogens is 250 g/mol. The Morgan fingerprint density at radius 2 is 2.17 bits per heavy atom. The van der Waals surface area contributed by atoms with Crippen LogP contribution in [0.4, 0.5) is 0 Å². The SMILES string of the molecule is CCn1c(C)nnc1CN1CCCC1CNC.Cl. The molecule has 0 aromatic carbocycles. The van der Waals surface area contributed by atoms with Gasteiger partial charge in [-0.15, -0.1) is 22.6 Å². The fourth-order valence-electron chi connectivity index (χ4n) is 2.70. The van der Waals surface area contributed by atoms with E-state index >= 15 is 0 Å². The molecule has 1 saturated heterocycles. The molecule has 0 amide bonds. The Hall–Kier alpha value is -0.650. The number of hydrogen-bond donors (Lipinski definition) is 1. The number of aryl methyl sites for hydroxylation is 1. The fourth-order valence-corrected chi connectivity index (χ4v) is 2.70. The predicted molar refractivity (Wildman–Crippen MR) is 75.0 cm³/mol. The van der Waals surface area contributed by atoms with Crippen LogP contribution >= 0.6 is 12.4 Å². The number of rotatable bonds is 5. The van der Waals surface area contributed by atoms with Gasteiger partial charge in [-0.25, -0.2) is 0 Å². The normalized spacial score (nSPS) is 20.1. The van der Waals surface area contributed by atoms with Crippen molar-refractivity contribution in [2.75, 3.05) is 20.1 Å². The molecule has 1 aliphatic heterocycles. The standard InChI is InChI=1S/C12H23N5.ClH/c1-4-17-10(2)14-15-12(17)9-16-7-5-6-11(16)8-13-3;/h11,13H,4-9H2,1-3H3;1H. The van der Waals surface area contributed by atoms with Crippen LogP contribution in [0.15, 0.2) is 0 Å². The molecule has 104 valence electrons. The van der Waals surface area contributed by atoms with E-state index in [1.54, 1.807) is 0 Å². The number of nitrogens with zero attached hydrogens (tertiary/aromatic N) is 4. The van der Waals surface area contributed by atoms with Gasteiger partial charge < -0.3 is 9.88 Å². The Labute approximate surface area is 115 Å². The van der Waals surface area contributed by atoms with E-state index < -0.39 is 0 Å². The third-order valence-corrected chi connectivity index (χ3v) is 3.61. The van der Waals surface area contributed by atoms with Gasteiger partial charge in [0.2, 0.25) is 0 Å². The van der Waals surface area contributed by atoms with Crippen LogP contribution in [0, 0.1) is 6.92 Å². The minimum absolute atomic E-state index is 0. The average molecular weight is 274 g/mol. The van der Waals surface area contributed by atoms with Gasteiger partial charge in [0.05, 0.1) is 6.54 Å². The second-order valence-electron chi connectivity index (χ2n) is 4.73. The first kappa shape index (κ1) is 15.4. The quantitative estimate of drug-likeness (QED) is 0.876. The zero-order valence-corrected chi connectivity index (χ0v) is 12.3. The van der Waals surface area contributed by atoms with E-state index in [1.165, 1.54) is 19.4 Å². The van der Waals surface area contributed by atoms with Crippen LogP contribution in [-0.4, -0.2) is 45.8 Å². The first-order valence-electron chi connectivity index (χ1n) is 6.53. The lowest BCUT2D eigenvalue weighted by Gasteiger charge is -2.23. The summed E-state index contributed by atoms with van der Waals surface area (Å²) in [5, 5.41) is 11.7. The molecular formula is C12H24ClN5. The van der Waals surface area contributed by atoms with Crippen molar-refractivity contribution in [3.63, 3.8) is 0 Å². The van der Waals surface area contributed by atoms with Crippen molar-refractivity contribution in [2.24, 2.45) is 0 Å². The Morgan fingerprint density at radius 1 is 1.39 bits per heavy atom. The maximum Gasteiger partial charge on any atom is 0.147 e. The molecule has 18 heavy (non-hydrogen) atoms. The molecule has 2 rings (SSSR count). The topological polar surface area (TPSA) is 46.0 Å². The van der Waals surface area contributed by atoms with E-state index in [1.807, 2.05) is 14.0 Å². The van der Waals surface area contributed by atoms with Gasteiger partial charge in [0, 0.05) is 19.1 Å². The summed E-state index contributed by atoms with van der Waals surface area (Å²) in [6, 6.07) is 0.655. The molecule has 2 heterocycles. The van der Waals surface area contributed by atoms with E-state index in [2.05, 4.69) is 31.9 Å². The lowest BCUT2D eigenvalue weighted by Crippen LogP contribution is -2.37. The summed E-state index contributed by atoms with van der Waals surface area (Å²) < 4.78 is 2.20. The lowest BCUT2D eigenvalue weighted by molar-refractivity contribution is 0.233. The second kappa shape index (κ2) is 7.07. The Balaban J connectivity index is 0.00000162. The van der Waals surface area contributed by atoms with Gasteiger partial charge in [-0.2, -0.15) is 0 Å². The van der Waals surface area contributed by atoms with Gasteiger partial charge >= 0.3 is 0 Å². The van der Waals surface area contributed by atoms with Crippen LogP contribution in [0.1, 0.15) is 31.4 Å². The van der Waals surface area contributed by atoms with Gasteiger partial charge in [-0.1, -0.05) is 0 Å². The van der Waals surface area contributed by atoms with Crippen molar-refractivity contribution in [3.8, 4) is 0 Å². The minimum Gasteiger partial charge on any atom is -0.318 e. The summed E-state index contributed by atoms with van der Waals surface area (Å²) in [4.78, 5) is 2.52. The molecule has 1 atom stereocenters. The van der Waals surface area contributed by atoms with E-state index in [-0.39, 0.29) is 12.4 Å². The summed E-state index contributed by atoms with van der Waals surface area (Å²) in [6.45, 7) is 8.31. The van der Waals surface area contributed by atoms with Crippen LogP contribution in [0.25, 0.3) is 0 Å². The molecule has 0 saturated carbocycles. The van der Waals surface area contributed by atoms with Gasteiger partial charge in [-0.3, -0.25) is 4.90 Å². The van der Waals surface area contributed by atoms with E-state index in [0.717, 1.165) is 31.3 Å². The number of hydrogen-bond acceptors (Lipinski definition) is 4. The number of likely N-dealkylation sites (tertiary alicyclic amines) is 1. The number of aromatic nitrogens is 3. The first-order chi connectivity index (χ1) is 8.26. The molecule has 1 unspecified atom stereocenters. The molecule has 0 spiro atoms. The third-order valence-electron chi connectivity index (χ3n) is 3.61. The smallest absolute Gasteiger partial charge is 0.147 e. The number of halogens is 1. The van der Waals surface area contributed by atoms with E-state index in [4.69, 9.17) is 0 Å². The Kier molecular flexibility index (Phi) is 6.05. The molecule has 0 aliphatic carbocycles. The van der Waals surface area contributed by atoms with Gasteiger partial charge in [0.1, 0.15) is 11.6 Å². The maximum absolute atomic E-state index is 4.30. The Bertz CT molecular complexity index is 365. The summed E-state index contributed by atoms with van der Waals surface area (Å²) in [7, 11) is 2.02. The van der Waals surface area contributed by atoms with Gasteiger partial charge in [0.15, 0.2) is 0 Å². The minimum atomic E-state index is 0. The zero-order chi connectivity index (χ0) is 12.3. The van der Waals surface area contributed by atoms with E-state index in [0.29, 0.717) is 6.04 Å². The second-order valence-corrected chi connectivity index (χ2v) is 4.73. The van der Waals surface area contributed by atoms with E-state index in [9.17, 15) is 0 Å². The highest BCUT2D eigenvalue weighted by atomic mass is 35.5. The first-order valence-corrected chi connectivity index (χ1v) is 6.53. The lowest BCUT2D eigenvalue weighted by atomic mass is 10.2. The number of nitrogens with one attached hydrogen (secondary N) is 1. The number of likely N-dealkylation sites (N-methyl/N-ethyl adjacent to an activating group) is 1. The van der Waals surface area contributed by atoms with Crippen molar-refractivity contribution in [1.82, 2.24) is 25.0 Å². The highest BCUT2D eigenvalue weighted by Crippen LogP contribution is 2.19. The van der Waals surface area contributed by atoms with Crippen molar-refractivity contribution in [1.29, 1.82) is 0 Å². The largest absolute Gasteiger partial charge is 0.318 e. The highest BCUT2D eigenvalue weighted by molar-refractivity contribution is 5.85. The van der Waals surface area contributed by atoms with Crippen molar-refractivity contribution in [3.05, 3.63) is 11.6 Å². The van der Waals surface area contributed by atoms with Crippen LogP contribution < -0.4 is 5.32 Å². The fraction of sp³-hybridized carbons (Fsp3) is 0.833. The van der Waals surface area contributed by atoms with Crippen molar-refractivity contribution < 1.29 is 0 Å². The maximum atomic E-state index is 4.30. The molecule has 0 radical (unpaired) electrons. The summed E-state index contributed by atoms with van der Waals surface area (Å²) >= 11 is 0. The highest BCUT2D eigenvalue weighted by Gasteiger charge is 2.25. The van der Waals surface area contributed by atoms with Gasteiger partial charge in [-0.05, 0) is 40.3 Å². The van der Waals surface area contributed by atoms with Crippen LogP contribution in [0.5, 0.6) is 0 Å². The molecule has 1 N–H and O–H groups in total. The predicted octanol–water partition coefficient (Wildman–Crippen LogP) is 1.21. The monoisotopic (exact) mass is 273 g/mol. The summed E-state index contributed by atoms with van der Waals surface area (Å²) in [5.74, 6) is 2.12. The Morgan fingerprint density at radius 3 is 2.83 bits per heavy atom. The molecule has 1 aliphatic rings.